The molecule has 4 aromatic rings. The van der Waals surface area contributed by atoms with Gasteiger partial charge in [-0.2, -0.15) is 5.10 Å². The lowest BCUT2D eigenvalue weighted by atomic mass is 10.0. The predicted molar refractivity (Wildman–Crippen MR) is 128 cm³/mol. The minimum atomic E-state index is -0.628. The summed E-state index contributed by atoms with van der Waals surface area (Å²) < 4.78 is 20.4. The third-order valence-electron chi connectivity index (χ3n) is 5.27. The molecule has 35 heavy (non-hydrogen) atoms. The molecule has 0 aliphatic rings. The van der Waals surface area contributed by atoms with Crippen LogP contribution in [-0.2, 0) is 0 Å². The van der Waals surface area contributed by atoms with Crippen molar-refractivity contribution >= 4 is 17.4 Å². The van der Waals surface area contributed by atoms with Crippen LogP contribution in [-0.4, -0.2) is 27.7 Å². The number of nitro benzene ring substituents is 1. The molecule has 0 atom stereocenters. The minimum absolute atomic E-state index is 0.0278. The minimum Gasteiger partial charge on any atom is -0.496 e. The Kier molecular flexibility index (Phi) is 6.36. The van der Waals surface area contributed by atoms with Gasteiger partial charge in [0, 0.05) is 23.3 Å². The third kappa shape index (κ3) is 4.62. The van der Waals surface area contributed by atoms with E-state index in [1.165, 1.54) is 67.2 Å². The Bertz CT molecular complexity index is 1480. The zero-order valence-corrected chi connectivity index (χ0v) is 18.7. The van der Waals surface area contributed by atoms with Crippen molar-refractivity contribution in [1.29, 1.82) is 0 Å². The highest BCUT2D eigenvalue weighted by Gasteiger charge is 2.23. The summed E-state index contributed by atoms with van der Waals surface area (Å²) in [6.07, 6.45) is 0. The van der Waals surface area contributed by atoms with Gasteiger partial charge in [-0.1, -0.05) is 18.2 Å². The summed E-state index contributed by atoms with van der Waals surface area (Å²) in [5.41, 5.74) is 0.590. The summed E-state index contributed by atoms with van der Waals surface area (Å²) in [5, 5.41) is 18.0. The van der Waals surface area contributed by atoms with E-state index >= 15 is 0 Å². The number of non-ortho nitro benzene ring substituents is 1. The molecule has 0 saturated heterocycles. The number of halogens is 1. The van der Waals surface area contributed by atoms with Crippen LogP contribution in [0.15, 0.2) is 77.6 Å². The molecule has 1 N–H and O–H groups in total. The van der Waals surface area contributed by atoms with Crippen LogP contribution >= 0.6 is 0 Å². The van der Waals surface area contributed by atoms with Crippen molar-refractivity contribution in [1.82, 2.24) is 9.78 Å². The topological polar surface area (TPSA) is 116 Å². The number of para-hydroxylation sites is 1. The van der Waals surface area contributed by atoms with Crippen LogP contribution in [0.1, 0.15) is 16.1 Å². The Morgan fingerprint density at radius 2 is 1.71 bits per heavy atom. The lowest BCUT2D eigenvalue weighted by Crippen LogP contribution is -2.25. The fourth-order valence-electron chi connectivity index (χ4n) is 3.54. The van der Waals surface area contributed by atoms with Crippen LogP contribution in [0.2, 0.25) is 0 Å². The second-order valence-corrected chi connectivity index (χ2v) is 7.48. The number of carbonyl (C=O) groups excluding carboxylic acids is 1. The van der Waals surface area contributed by atoms with Crippen molar-refractivity contribution in [3.63, 3.8) is 0 Å². The Morgan fingerprint density at radius 1 is 1.06 bits per heavy atom. The van der Waals surface area contributed by atoms with Crippen molar-refractivity contribution in [2.24, 2.45) is 0 Å². The second kappa shape index (κ2) is 9.56. The number of nitrogens with one attached hydrogen (secondary N) is 1. The standard InChI is InChI=1S/C25H19FN4O5/c1-15-23(31)22(20-5-3-4-6-21(20)35-2)24(29(28-15)18-13-9-17(26)10-14-18)27-25(32)16-7-11-19(12-8-16)30(33)34/h3-14H,1-2H3,(H,27,32). The third-order valence-corrected chi connectivity index (χ3v) is 5.27. The summed E-state index contributed by atoms with van der Waals surface area (Å²) in [6.45, 7) is 1.53. The molecule has 0 unspecified atom stereocenters. The molecule has 0 aliphatic carbocycles. The predicted octanol–water partition coefficient (Wildman–Crippen LogP) is 4.52. The normalized spacial score (nSPS) is 10.6. The first-order valence-electron chi connectivity index (χ1n) is 10.4. The maximum Gasteiger partial charge on any atom is 0.269 e. The lowest BCUT2D eigenvalue weighted by Gasteiger charge is -2.19. The number of benzene rings is 3. The number of hydrogen-bond acceptors (Lipinski definition) is 6. The molecule has 0 radical (unpaired) electrons. The van der Waals surface area contributed by atoms with Gasteiger partial charge >= 0.3 is 0 Å². The maximum atomic E-state index is 13.6. The van der Waals surface area contributed by atoms with Gasteiger partial charge in [-0.3, -0.25) is 19.7 Å². The van der Waals surface area contributed by atoms with Gasteiger partial charge < -0.3 is 10.1 Å². The number of anilines is 1. The molecule has 3 aromatic carbocycles. The van der Waals surface area contributed by atoms with E-state index in [1.54, 1.807) is 24.3 Å². The van der Waals surface area contributed by atoms with E-state index in [0.717, 1.165) is 0 Å². The Balaban J connectivity index is 1.94. The monoisotopic (exact) mass is 474 g/mol. The van der Waals surface area contributed by atoms with Crippen molar-refractivity contribution < 1.29 is 18.8 Å². The Morgan fingerprint density at radius 3 is 2.34 bits per heavy atom. The second-order valence-electron chi connectivity index (χ2n) is 7.48. The van der Waals surface area contributed by atoms with E-state index in [1.807, 2.05) is 0 Å². The number of rotatable bonds is 6. The molecule has 176 valence electrons. The van der Waals surface area contributed by atoms with Gasteiger partial charge in [0.25, 0.3) is 11.6 Å². The first kappa shape index (κ1) is 23.3. The molecule has 0 saturated carbocycles. The van der Waals surface area contributed by atoms with E-state index in [2.05, 4.69) is 10.4 Å². The Hall–Kier alpha value is -4.86. The summed E-state index contributed by atoms with van der Waals surface area (Å²) in [5.74, 6) is -0.670. The van der Waals surface area contributed by atoms with Crippen LogP contribution in [0.5, 0.6) is 5.75 Å². The lowest BCUT2D eigenvalue weighted by molar-refractivity contribution is -0.384. The molecule has 0 fully saturated rings. The van der Waals surface area contributed by atoms with Crippen molar-refractivity contribution in [2.45, 2.75) is 6.92 Å². The first-order valence-corrected chi connectivity index (χ1v) is 10.4. The number of methoxy groups -OCH3 is 1. The van der Waals surface area contributed by atoms with Crippen LogP contribution in [0.4, 0.5) is 15.9 Å². The molecule has 1 amide bonds. The van der Waals surface area contributed by atoms with Crippen LogP contribution in [0.3, 0.4) is 0 Å². The van der Waals surface area contributed by atoms with E-state index in [9.17, 15) is 24.1 Å². The smallest absolute Gasteiger partial charge is 0.269 e. The number of nitrogens with zero attached hydrogens (tertiary/aromatic N) is 3. The molecule has 4 rings (SSSR count). The van der Waals surface area contributed by atoms with Gasteiger partial charge in [0.15, 0.2) is 0 Å². The number of aromatic nitrogens is 2. The van der Waals surface area contributed by atoms with Gasteiger partial charge in [-0.05, 0) is 49.4 Å². The Labute approximate surface area is 198 Å². The van der Waals surface area contributed by atoms with Crippen molar-refractivity contribution in [3.05, 3.63) is 110 Å². The number of carbonyl (C=O) groups is 1. The summed E-state index contributed by atoms with van der Waals surface area (Å²) >= 11 is 0. The molecule has 0 bridgehead atoms. The van der Waals surface area contributed by atoms with Crippen LogP contribution in [0.25, 0.3) is 16.8 Å². The zero-order chi connectivity index (χ0) is 25.1. The molecular weight excluding hydrogens is 455 g/mol. The summed E-state index contributed by atoms with van der Waals surface area (Å²) in [7, 11) is 1.46. The van der Waals surface area contributed by atoms with Gasteiger partial charge in [-0.15, -0.1) is 0 Å². The highest BCUT2D eigenvalue weighted by atomic mass is 19.1. The van der Waals surface area contributed by atoms with E-state index < -0.39 is 22.1 Å². The molecule has 0 aliphatic heterocycles. The maximum absolute atomic E-state index is 13.6. The van der Waals surface area contributed by atoms with Gasteiger partial charge in [0.2, 0.25) is 5.43 Å². The van der Waals surface area contributed by atoms with E-state index in [4.69, 9.17) is 4.74 Å². The fraction of sp³-hybridized carbons (Fsp3) is 0.0800. The average molecular weight is 474 g/mol. The highest BCUT2D eigenvalue weighted by molar-refractivity contribution is 6.06. The number of ether oxygens (including phenoxy) is 1. The van der Waals surface area contributed by atoms with Crippen molar-refractivity contribution in [2.75, 3.05) is 12.4 Å². The number of hydrogen-bond donors (Lipinski definition) is 1. The first-order chi connectivity index (χ1) is 16.8. The highest BCUT2D eigenvalue weighted by Crippen LogP contribution is 2.34. The van der Waals surface area contributed by atoms with Gasteiger partial charge in [-0.25, -0.2) is 9.07 Å². The summed E-state index contributed by atoms with van der Waals surface area (Å²) in [6, 6.07) is 17.2. The molecule has 0 spiro atoms. The number of aryl methyl sites for hydroxylation is 1. The largest absolute Gasteiger partial charge is 0.496 e. The fourth-order valence-corrected chi connectivity index (χ4v) is 3.54. The SMILES string of the molecule is COc1ccccc1-c1c(NC(=O)c2ccc([N+](=O)[O-])cc2)n(-c2ccc(F)cc2)nc(C)c1=O. The van der Waals surface area contributed by atoms with Gasteiger partial charge in [0.05, 0.1) is 23.3 Å². The molecule has 1 aromatic heterocycles. The van der Waals surface area contributed by atoms with Crippen molar-refractivity contribution in [3.8, 4) is 22.6 Å². The zero-order valence-electron chi connectivity index (χ0n) is 18.7. The average Bonchev–Trinajstić information content (AvgIpc) is 2.87. The molecule has 10 heteroatoms. The quantitative estimate of drug-likeness (QED) is 0.325. The number of amides is 1. The van der Waals surface area contributed by atoms with Gasteiger partial charge in [0.1, 0.15) is 23.1 Å². The van der Waals surface area contributed by atoms with Crippen LogP contribution < -0.4 is 15.5 Å². The summed E-state index contributed by atoms with van der Waals surface area (Å²) in [4.78, 5) is 36.8. The molecule has 9 nitrogen and oxygen atoms in total. The number of nitro groups is 1. The van der Waals surface area contributed by atoms with Crippen LogP contribution in [0, 0.1) is 22.9 Å². The van der Waals surface area contributed by atoms with E-state index in [0.29, 0.717) is 17.0 Å². The van der Waals surface area contributed by atoms with E-state index in [-0.39, 0.29) is 28.3 Å². The molecule has 1 heterocycles. The molecular formula is C25H19FN4O5.